The zero-order chi connectivity index (χ0) is 13.7. The Morgan fingerprint density at radius 3 is 3.16 bits per heavy atom. The monoisotopic (exact) mass is 375 g/mol. The van der Waals surface area contributed by atoms with E-state index in [1.807, 2.05) is 18.2 Å². The van der Waals surface area contributed by atoms with E-state index in [-0.39, 0.29) is 9.89 Å². The van der Waals surface area contributed by atoms with Crippen LogP contribution in [0.2, 0.25) is 0 Å². The first-order valence-electron chi connectivity index (χ1n) is 6.36. The van der Waals surface area contributed by atoms with Crippen LogP contribution in [0.25, 0.3) is 0 Å². The van der Waals surface area contributed by atoms with Crippen molar-refractivity contribution in [3.05, 3.63) is 29.8 Å². The lowest BCUT2D eigenvalue weighted by atomic mass is 9.93. The summed E-state index contributed by atoms with van der Waals surface area (Å²) >= 11 is 2.10. The molecule has 0 radical (unpaired) electrons. The van der Waals surface area contributed by atoms with E-state index in [9.17, 15) is 4.79 Å². The van der Waals surface area contributed by atoms with Crippen molar-refractivity contribution >= 4 is 28.6 Å². The third-order valence-electron chi connectivity index (χ3n) is 3.25. The highest BCUT2D eigenvalue weighted by atomic mass is 127. The summed E-state index contributed by atoms with van der Waals surface area (Å²) in [6.07, 6.45) is 1.01. The second-order valence-electron chi connectivity index (χ2n) is 4.52. The lowest BCUT2D eigenvalue weighted by Gasteiger charge is -2.26. The highest BCUT2D eigenvalue weighted by Crippen LogP contribution is 2.32. The number of nitrogens with one attached hydrogen (secondary N) is 1. The van der Waals surface area contributed by atoms with Gasteiger partial charge in [-0.1, -0.05) is 40.8 Å². The van der Waals surface area contributed by atoms with Gasteiger partial charge in [-0.25, -0.2) is 0 Å². The third-order valence-corrected chi connectivity index (χ3v) is 4.20. The maximum Gasteiger partial charge on any atom is 0.319 e. The number of carbonyl (C=O) groups excluding carboxylic acids is 1. The average molecular weight is 375 g/mol. The van der Waals surface area contributed by atoms with Crippen LogP contribution in [-0.2, 0) is 9.53 Å². The van der Waals surface area contributed by atoms with Gasteiger partial charge in [0, 0.05) is 19.0 Å². The number of ether oxygens (including phenoxy) is 2. The van der Waals surface area contributed by atoms with Crippen LogP contribution in [0.4, 0.5) is 0 Å². The Morgan fingerprint density at radius 2 is 2.37 bits per heavy atom. The Labute approximate surface area is 127 Å². The van der Waals surface area contributed by atoms with Crippen molar-refractivity contribution in [2.45, 2.75) is 16.3 Å². The van der Waals surface area contributed by atoms with Gasteiger partial charge in [0.1, 0.15) is 9.67 Å². The molecule has 0 bridgehead atoms. The molecule has 5 heteroatoms. The number of hydrogen-bond donors (Lipinski definition) is 1. The molecule has 0 saturated heterocycles. The van der Waals surface area contributed by atoms with E-state index >= 15 is 0 Å². The Morgan fingerprint density at radius 1 is 1.58 bits per heavy atom. The minimum atomic E-state index is -0.180. The van der Waals surface area contributed by atoms with Gasteiger partial charge >= 0.3 is 5.97 Å². The smallest absolute Gasteiger partial charge is 0.319 e. The van der Waals surface area contributed by atoms with Crippen LogP contribution in [0.3, 0.4) is 0 Å². The van der Waals surface area contributed by atoms with Crippen LogP contribution in [0.15, 0.2) is 24.3 Å². The predicted octanol–water partition coefficient (Wildman–Crippen LogP) is 2.12. The molecule has 2 rings (SSSR count). The van der Waals surface area contributed by atoms with Gasteiger partial charge in [-0.05, 0) is 18.1 Å². The van der Waals surface area contributed by atoms with Gasteiger partial charge in [0.2, 0.25) is 0 Å². The first kappa shape index (κ1) is 14.6. The molecule has 0 aliphatic carbocycles. The molecule has 19 heavy (non-hydrogen) atoms. The van der Waals surface area contributed by atoms with Gasteiger partial charge in [-0.3, -0.25) is 4.79 Å². The summed E-state index contributed by atoms with van der Waals surface area (Å²) in [5.41, 5.74) is 1.25. The maximum absolute atomic E-state index is 11.3. The fourth-order valence-electron chi connectivity index (χ4n) is 2.22. The van der Waals surface area contributed by atoms with Gasteiger partial charge in [-0.2, -0.15) is 0 Å². The van der Waals surface area contributed by atoms with Crippen LogP contribution in [0.1, 0.15) is 17.9 Å². The molecule has 1 aromatic rings. The molecule has 1 aliphatic heterocycles. The second-order valence-corrected chi connectivity index (χ2v) is 6.02. The van der Waals surface area contributed by atoms with E-state index in [2.05, 4.69) is 34.0 Å². The summed E-state index contributed by atoms with van der Waals surface area (Å²) in [6.45, 7) is 2.25. The fraction of sp³-hybridized carbons (Fsp3) is 0.500. The van der Waals surface area contributed by atoms with E-state index in [4.69, 9.17) is 9.47 Å². The Balaban J connectivity index is 1.86. The van der Waals surface area contributed by atoms with Crippen LogP contribution in [0, 0.1) is 0 Å². The molecule has 0 saturated carbocycles. The molecule has 2 unspecified atom stereocenters. The van der Waals surface area contributed by atoms with Crippen LogP contribution < -0.4 is 10.1 Å². The fourth-order valence-corrected chi connectivity index (χ4v) is 2.79. The van der Waals surface area contributed by atoms with E-state index in [1.54, 1.807) is 0 Å². The summed E-state index contributed by atoms with van der Waals surface area (Å²) < 4.78 is 10.2. The zero-order valence-electron chi connectivity index (χ0n) is 10.9. The third kappa shape index (κ3) is 3.82. The summed E-state index contributed by atoms with van der Waals surface area (Å²) in [4.78, 5) is 11.3. The van der Waals surface area contributed by atoms with E-state index in [0.717, 1.165) is 25.3 Å². The standard InChI is InChI=1S/C14H18INO3/c1-18-14(17)12(15)9-16-8-10-6-7-19-13-5-3-2-4-11(10)13/h2-5,10,12,16H,6-9H2,1H3. The molecule has 1 N–H and O–H groups in total. The normalized spacial score (nSPS) is 19.2. The number of fused-ring (bicyclic) bond motifs is 1. The number of rotatable bonds is 5. The summed E-state index contributed by atoms with van der Waals surface area (Å²) in [6, 6.07) is 8.16. The van der Waals surface area contributed by atoms with Crippen molar-refractivity contribution in [1.82, 2.24) is 5.32 Å². The molecule has 0 aromatic heterocycles. The first-order chi connectivity index (χ1) is 9.22. The quantitative estimate of drug-likeness (QED) is 0.487. The predicted molar refractivity (Wildman–Crippen MR) is 82.0 cm³/mol. The zero-order valence-corrected chi connectivity index (χ0v) is 13.1. The van der Waals surface area contributed by atoms with E-state index < -0.39 is 0 Å². The number of hydrogen-bond acceptors (Lipinski definition) is 4. The molecule has 0 fully saturated rings. The highest BCUT2D eigenvalue weighted by molar-refractivity contribution is 14.1. The minimum absolute atomic E-state index is 0.141. The van der Waals surface area contributed by atoms with Crippen molar-refractivity contribution < 1.29 is 14.3 Å². The summed E-state index contributed by atoms with van der Waals surface area (Å²) in [5.74, 6) is 1.26. The van der Waals surface area contributed by atoms with Crippen molar-refractivity contribution in [3.8, 4) is 5.75 Å². The number of para-hydroxylation sites is 1. The van der Waals surface area contributed by atoms with Crippen molar-refractivity contribution in [1.29, 1.82) is 0 Å². The van der Waals surface area contributed by atoms with Gasteiger partial charge < -0.3 is 14.8 Å². The molecule has 2 atom stereocenters. The number of benzene rings is 1. The van der Waals surface area contributed by atoms with E-state index in [0.29, 0.717) is 12.5 Å². The number of methoxy groups -OCH3 is 1. The lowest BCUT2D eigenvalue weighted by molar-refractivity contribution is -0.139. The number of alkyl halides is 1. The topological polar surface area (TPSA) is 47.6 Å². The molecule has 0 amide bonds. The molecule has 104 valence electrons. The molecule has 1 aliphatic rings. The SMILES string of the molecule is COC(=O)C(I)CNCC1CCOc2ccccc21. The molecule has 1 aromatic carbocycles. The molecule has 1 heterocycles. The molecule has 4 nitrogen and oxygen atoms in total. The Hall–Kier alpha value is -0.820. The number of esters is 1. The minimum Gasteiger partial charge on any atom is -0.493 e. The van der Waals surface area contributed by atoms with Gasteiger partial charge in [0.25, 0.3) is 0 Å². The van der Waals surface area contributed by atoms with Crippen molar-refractivity contribution in [2.75, 3.05) is 26.8 Å². The van der Waals surface area contributed by atoms with Gasteiger partial charge in [0.05, 0.1) is 13.7 Å². The molecular formula is C14H18INO3. The van der Waals surface area contributed by atoms with Crippen molar-refractivity contribution in [2.24, 2.45) is 0 Å². The largest absolute Gasteiger partial charge is 0.493 e. The Bertz CT molecular complexity index is 438. The number of halogens is 1. The summed E-state index contributed by atoms with van der Waals surface area (Å²) in [5, 5.41) is 3.35. The van der Waals surface area contributed by atoms with Gasteiger partial charge in [-0.15, -0.1) is 0 Å². The van der Waals surface area contributed by atoms with Crippen LogP contribution in [-0.4, -0.2) is 36.7 Å². The maximum atomic E-state index is 11.3. The Kier molecular flexibility index (Phi) is 5.45. The van der Waals surface area contributed by atoms with Gasteiger partial charge in [0.15, 0.2) is 0 Å². The second kappa shape index (κ2) is 7.09. The van der Waals surface area contributed by atoms with Crippen LogP contribution >= 0.6 is 22.6 Å². The number of carbonyl (C=O) groups is 1. The van der Waals surface area contributed by atoms with Crippen molar-refractivity contribution in [3.63, 3.8) is 0 Å². The van der Waals surface area contributed by atoms with E-state index in [1.165, 1.54) is 12.7 Å². The molecule has 0 spiro atoms. The molecular weight excluding hydrogens is 357 g/mol. The summed E-state index contributed by atoms with van der Waals surface area (Å²) in [7, 11) is 1.42. The first-order valence-corrected chi connectivity index (χ1v) is 7.61. The average Bonchev–Trinajstić information content (AvgIpc) is 2.46. The highest BCUT2D eigenvalue weighted by Gasteiger charge is 2.21. The lowest BCUT2D eigenvalue weighted by Crippen LogP contribution is -2.33. The van der Waals surface area contributed by atoms with Crippen LogP contribution in [0.5, 0.6) is 5.75 Å².